The molecule has 1 aliphatic rings. The van der Waals surface area contributed by atoms with Gasteiger partial charge in [-0.2, -0.15) is 0 Å². The number of hydrogen-bond acceptors (Lipinski definition) is 2. The van der Waals surface area contributed by atoms with Gasteiger partial charge in [0.1, 0.15) is 12.4 Å². The Bertz CT molecular complexity index is 787. The molecule has 0 aromatic heterocycles. The van der Waals surface area contributed by atoms with Gasteiger partial charge in [-0.25, -0.2) is 0 Å². The van der Waals surface area contributed by atoms with Crippen molar-refractivity contribution in [3.05, 3.63) is 71.8 Å². The van der Waals surface area contributed by atoms with Gasteiger partial charge in [0.25, 0.3) is 0 Å². The third-order valence-electron chi connectivity index (χ3n) is 4.05. The zero-order valence-corrected chi connectivity index (χ0v) is 16.8. The number of hydrogen-bond donors (Lipinski definition) is 1. The van der Waals surface area contributed by atoms with Crippen LogP contribution in [0.2, 0.25) is 0 Å². The van der Waals surface area contributed by atoms with E-state index in [-0.39, 0.29) is 0 Å². The molecule has 0 aliphatic carbocycles. The third kappa shape index (κ3) is 4.55. The standard InChI is InChI=1S/C19H17NO.C2H6.CH3Br/c1-2-6-14(7-3-1)13-21-19-12-18-16(10-11-20-18)15-8-4-5-9-17(15)19;2*1-2/h1-9,12,20H,10-11,13H2;1-2H3;1H3. The number of rotatable bonds is 3. The van der Waals surface area contributed by atoms with Crippen LogP contribution in [0.1, 0.15) is 25.0 Å². The predicted octanol–water partition coefficient (Wildman–Crippen LogP) is 6.42. The summed E-state index contributed by atoms with van der Waals surface area (Å²) in [4.78, 5) is 0. The van der Waals surface area contributed by atoms with E-state index in [1.54, 1.807) is 0 Å². The minimum absolute atomic E-state index is 0.601. The lowest BCUT2D eigenvalue weighted by Gasteiger charge is -2.13. The molecule has 0 bridgehead atoms. The summed E-state index contributed by atoms with van der Waals surface area (Å²) in [6, 6.07) is 21.0. The Morgan fingerprint density at radius 3 is 2.28 bits per heavy atom. The van der Waals surface area contributed by atoms with Crippen molar-refractivity contribution in [2.75, 3.05) is 17.7 Å². The highest BCUT2D eigenvalue weighted by Crippen LogP contribution is 2.37. The molecule has 2 nitrogen and oxygen atoms in total. The van der Waals surface area contributed by atoms with Crippen LogP contribution in [0.15, 0.2) is 60.7 Å². The number of benzene rings is 3. The summed E-state index contributed by atoms with van der Waals surface area (Å²) < 4.78 is 6.09. The van der Waals surface area contributed by atoms with E-state index >= 15 is 0 Å². The molecule has 25 heavy (non-hydrogen) atoms. The summed E-state index contributed by atoms with van der Waals surface area (Å²) in [6.07, 6.45) is 1.09. The molecule has 0 amide bonds. The summed E-state index contributed by atoms with van der Waals surface area (Å²) in [5, 5.41) is 5.96. The monoisotopic (exact) mass is 399 g/mol. The smallest absolute Gasteiger partial charge is 0.129 e. The fourth-order valence-corrected chi connectivity index (χ4v) is 3.01. The summed E-state index contributed by atoms with van der Waals surface area (Å²) >= 11 is 2.94. The summed E-state index contributed by atoms with van der Waals surface area (Å²) in [7, 11) is 0. The zero-order chi connectivity index (χ0) is 18.1. The summed E-state index contributed by atoms with van der Waals surface area (Å²) in [6.45, 7) is 5.62. The molecule has 1 heterocycles. The highest BCUT2D eigenvalue weighted by atomic mass is 79.9. The lowest BCUT2D eigenvalue weighted by atomic mass is 10.0. The van der Waals surface area contributed by atoms with Gasteiger partial charge in [-0.15, -0.1) is 0 Å². The Labute approximate surface area is 159 Å². The molecule has 132 valence electrons. The molecule has 3 heteroatoms. The molecular formula is C22H26BrNO. The van der Waals surface area contributed by atoms with Crippen LogP contribution in [-0.4, -0.2) is 12.4 Å². The second kappa shape index (κ2) is 10.1. The normalized spacial score (nSPS) is 11.4. The van der Waals surface area contributed by atoms with Crippen LogP contribution < -0.4 is 10.1 Å². The molecule has 0 fully saturated rings. The van der Waals surface area contributed by atoms with Crippen molar-refractivity contribution >= 4 is 32.4 Å². The quantitative estimate of drug-likeness (QED) is 0.512. The molecule has 3 aromatic carbocycles. The van der Waals surface area contributed by atoms with Crippen LogP contribution in [0.5, 0.6) is 5.75 Å². The van der Waals surface area contributed by atoms with Crippen molar-refractivity contribution in [3.8, 4) is 5.75 Å². The van der Waals surface area contributed by atoms with Crippen molar-refractivity contribution in [1.82, 2.24) is 0 Å². The van der Waals surface area contributed by atoms with Crippen LogP contribution in [-0.2, 0) is 13.0 Å². The fourth-order valence-electron chi connectivity index (χ4n) is 3.01. The van der Waals surface area contributed by atoms with Crippen LogP contribution in [0.3, 0.4) is 0 Å². The SMILES string of the molecule is CBr.CC.c1ccc(COc2cc3c(c4ccccc24)CCN3)cc1. The van der Waals surface area contributed by atoms with E-state index < -0.39 is 0 Å². The Kier molecular flexibility index (Phi) is 7.80. The molecule has 0 saturated heterocycles. The maximum atomic E-state index is 6.09. The highest BCUT2D eigenvalue weighted by molar-refractivity contribution is 9.08. The van der Waals surface area contributed by atoms with E-state index in [4.69, 9.17) is 4.74 Å². The lowest BCUT2D eigenvalue weighted by molar-refractivity contribution is 0.310. The number of ether oxygens (including phenoxy) is 1. The molecule has 1 aliphatic heterocycles. The molecule has 0 unspecified atom stereocenters. The van der Waals surface area contributed by atoms with E-state index in [1.807, 2.05) is 37.9 Å². The van der Waals surface area contributed by atoms with Gasteiger partial charge in [-0.05, 0) is 28.8 Å². The average Bonchev–Trinajstić information content (AvgIpc) is 3.19. The van der Waals surface area contributed by atoms with Crippen LogP contribution in [0, 0.1) is 0 Å². The van der Waals surface area contributed by atoms with E-state index in [9.17, 15) is 0 Å². The molecule has 0 atom stereocenters. The van der Waals surface area contributed by atoms with Gasteiger partial charge in [0.15, 0.2) is 0 Å². The molecule has 3 aromatic rings. The van der Waals surface area contributed by atoms with Gasteiger partial charge in [0, 0.05) is 23.7 Å². The first-order valence-electron chi connectivity index (χ1n) is 8.75. The second-order valence-corrected chi connectivity index (χ2v) is 5.40. The molecule has 0 radical (unpaired) electrons. The van der Waals surface area contributed by atoms with Crippen molar-refractivity contribution in [2.24, 2.45) is 0 Å². The van der Waals surface area contributed by atoms with Crippen LogP contribution >= 0.6 is 15.9 Å². The van der Waals surface area contributed by atoms with Gasteiger partial charge >= 0.3 is 0 Å². The first kappa shape index (κ1) is 19.3. The van der Waals surface area contributed by atoms with Crippen molar-refractivity contribution < 1.29 is 4.74 Å². The van der Waals surface area contributed by atoms with Crippen LogP contribution in [0.4, 0.5) is 5.69 Å². The Balaban J connectivity index is 0.000000528. The van der Waals surface area contributed by atoms with Gasteiger partial charge < -0.3 is 10.1 Å². The number of alkyl halides is 1. The Morgan fingerprint density at radius 1 is 0.920 bits per heavy atom. The maximum absolute atomic E-state index is 6.09. The van der Waals surface area contributed by atoms with E-state index in [2.05, 4.69) is 63.7 Å². The molecular weight excluding hydrogens is 374 g/mol. The number of halogens is 1. The van der Waals surface area contributed by atoms with Gasteiger partial charge in [-0.1, -0.05) is 84.4 Å². The Morgan fingerprint density at radius 2 is 1.56 bits per heavy atom. The van der Waals surface area contributed by atoms with Crippen molar-refractivity contribution in [2.45, 2.75) is 26.9 Å². The van der Waals surface area contributed by atoms with E-state index in [0.29, 0.717) is 6.61 Å². The first-order valence-corrected chi connectivity index (χ1v) is 10.3. The highest BCUT2D eigenvalue weighted by Gasteiger charge is 2.16. The van der Waals surface area contributed by atoms with Crippen LogP contribution in [0.25, 0.3) is 10.8 Å². The Hall–Kier alpha value is -2.00. The molecule has 4 rings (SSSR count). The van der Waals surface area contributed by atoms with Gasteiger partial charge in [-0.3, -0.25) is 0 Å². The summed E-state index contributed by atoms with van der Waals surface area (Å²) in [5.74, 6) is 2.77. The fraction of sp³-hybridized carbons (Fsp3) is 0.273. The van der Waals surface area contributed by atoms with Crippen molar-refractivity contribution in [3.63, 3.8) is 0 Å². The number of fused-ring (bicyclic) bond motifs is 3. The molecule has 0 spiro atoms. The third-order valence-corrected chi connectivity index (χ3v) is 4.05. The lowest BCUT2D eigenvalue weighted by Crippen LogP contribution is -1.97. The van der Waals surface area contributed by atoms with Gasteiger partial charge in [0.2, 0.25) is 0 Å². The summed E-state index contributed by atoms with van der Waals surface area (Å²) in [5.41, 5.74) is 3.82. The zero-order valence-electron chi connectivity index (χ0n) is 15.2. The second-order valence-electron chi connectivity index (χ2n) is 5.40. The molecule has 0 saturated carbocycles. The van der Waals surface area contributed by atoms with E-state index in [1.165, 1.54) is 27.6 Å². The first-order chi connectivity index (χ1) is 12.4. The van der Waals surface area contributed by atoms with Gasteiger partial charge in [0.05, 0.1) is 0 Å². The average molecular weight is 400 g/mol. The number of nitrogens with one attached hydrogen (secondary N) is 1. The number of anilines is 1. The molecule has 1 N–H and O–H groups in total. The topological polar surface area (TPSA) is 21.3 Å². The largest absolute Gasteiger partial charge is 0.488 e. The minimum Gasteiger partial charge on any atom is -0.488 e. The minimum atomic E-state index is 0.601. The van der Waals surface area contributed by atoms with Crippen molar-refractivity contribution in [1.29, 1.82) is 0 Å². The maximum Gasteiger partial charge on any atom is 0.129 e. The predicted molar refractivity (Wildman–Crippen MR) is 113 cm³/mol. The van der Waals surface area contributed by atoms with E-state index in [0.717, 1.165) is 18.7 Å².